The molecule has 19 heavy (non-hydrogen) atoms. The van der Waals surface area contributed by atoms with Gasteiger partial charge in [-0.3, -0.25) is 0 Å². The Labute approximate surface area is 126 Å². The molecule has 1 heterocycles. The molecule has 1 saturated heterocycles. The molecule has 1 fully saturated rings. The first-order chi connectivity index (χ1) is 8.85. The van der Waals surface area contributed by atoms with Crippen LogP contribution in [0.25, 0.3) is 0 Å². The number of hydrogen-bond donors (Lipinski definition) is 0. The van der Waals surface area contributed by atoms with Crippen LogP contribution in [-0.2, 0) is 13.9 Å². The van der Waals surface area contributed by atoms with Crippen molar-refractivity contribution in [2.24, 2.45) is 0 Å². The molecular formula is C14H25BrO3Si. The Hall–Kier alpha value is 0.137. The normalized spacial score (nSPS) is 17.3. The van der Waals surface area contributed by atoms with Crippen LogP contribution < -0.4 is 0 Å². The van der Waals surface area contributed by atoms with Gasteiger partial charge >= 0.3 is 0 Å². The van der Waals surface area contributed by atoms with Gasteiger partial charge in [-0.05, 0) is 39.8 Å². The summed E-state index contributed by atoms with van der Waals surface area (Å²) >= 11 is 3.52. The molecule has 5 heteroatoms. The molecule has 1 aliphatic rings. The van der Waals surface area contributed by atoms with Crippen LogP contribution in [-0.4, -0.2) is 38.4 Å². The van der Waals surface area contributed by atoms with Gasteiger partial charge in [0.25, 0.3) is 0 Å². The van der Waals surface area contributed by atoms with Crippen LogP contribution in [0, 0.1) is 11.8 Å². The summed E-state index contributed by atoms with van der Waals surface area (Å²) < 4.78 is 16.9. The molecule has 0 aromatic heterocycles. The Morgan fingerprint density at radius 3 is 2.53 bits per heavy atom. The molecule has 0 saturated carbocycles. The maximum Gasteiger partial charge on any atom is 0.199 e. The predicted octanol–water partition coefficient (Wildman–Crippen LogP) is 3.47. The summed E-state index contributed by atoms with van der Waals surface area (Å²) in [5, 5.41) is 0. The van der Waals surface area contributed by atoms with E-state index in [0.717, 1.165) is 37.4 Å². The lowest BCUT2D eigenvalue weighted by Gasteiger charge is -2.30. The van der Waals surface area contributed by atoms with Gasteiger partial charge in [0.1, 0.15) is 5.60 Å². The van der Waals surface area contributed by atoms with Crippen molar-refractivity contribution in [2.75, 3.05) is 18.2 Å². The molecule has 0 aromatic rings. The van der Waals surface area contributed by atoms with Gasteiger partial charge in [-0.25, -0.2) is 0 Å². The molecule has 1 aliphatic heterocycles. The Balaban J connectivity index is 2.26. The van der Waals surface area contributed by atoms with Crippen molar-refractivity contribution in [3.63, 3.8) is 0 Å². The summed E-state index contributed by atoms with van der Waals surface area (Å²) in [7, 11) is -1.63. The predicted molar refractivity (Wildman–Crippen MR) is 83.8 cm³/mol. The van der Waals surface area contributed by atoms with Gasteiger partial charge in [0, 0.05) is 11.4 Å². The maximum atomic E-state index is 6.12. The quantitative estimate of drug-likeness (QED) is 0.318. The van der Waals surface area contributed by atoms with Crippen molar-refractivity contribution in [1.29, 1.82) is 0 Å². The van der Waals surface area contributed by atoms with Crippen molar-refractivity contribution in [1.82, 2.24) is 0 Å². The zero-order valence-corrected chi connectivity index (χ0v) is 15.0. The van der Waals surface area contributed by atoms with Crippen LogP contribution >= 0.6 is 15.9 Å². The summed E-state index contributed by atoms with van der Waals surface area (Å²) in [5.41, 5.74) is -0.357. The second kappa shape index (κ2) is 7.80. The first-order valence-electron chi connectivity index (χ1n) is 6.84. The van der Waals surface area contributed by atoms with Gasteiger partial charge < -0.3 is 13.9 Å². The van der Waals surface area contributed by atoms with Gasteiger partial charge in [-0.15, -0.1) is 5.92 Å². The minimum Gasteiger partial charge on any atom is -0.401 e. The molecule has 0 spiro atoms. The molecule has 0 bridgehead atoms. The molecule has 0 atom stereocenters. The Kier molecular flexibility index (Phi) is 7.05. The first-order valence-corrected chi connectivity index (χ1v) is 11.1. The van der Waals surface area contributed by atoms with Crippen molar-refractivity contribution in [3.8, 4) is 11.8 Å². The molecule has 0 radical (unpaired) electrons. The molecule has 0 aromatic carbocycles. The fraction of sp³-hybridized carbons (Fsp3) is 0.857. The zero-order chi connectivity index (χ0) is 14.4. The van der Waals surface area contributed by atoms with Gasteiger partial charge in [0.05, 0.1) is 13.2 Å². The lowest BCUT2D eigenvalue weighted by molar-refractivity contribution is -0.0474. The van der Waals surface area contributed by atoms with E-state index in [1.54, 1.807) is 0 Å². The van der Waals surface area contributed by atoms with Crippen LogP contribution in [0.3, 0.4) is 0 Å². The number of halogens is 1. The monoisotopic (exact) mass is 348 g/mol. The van der Waals surface area contributed by atoms with Crippen LogP contribution in [0.2, 0.25) is 13.1 Å². The van der Waals surface area contributed by atoms with Gasteiger partial charge in [-0.2, -0.15) is 0 Å². The first kappa shape index (κ1) is 17.2. The van der Waals surface area contributed by atoms with E-state index in [4.69, 9.17) is 13.9 Å². The lowest BCUT2D eigenvalue weighted by Crippen LogP contribution is -2.41. The van der Waals surface area contributed by atoms with E-state index >= 15 is 0 Å². The highest BCUT2D eigenvalue weighted by atomic mass is 79.9. The topological polar surface area (TPSA) is 27.7 Å². The second-order valence-electron chi connectivity index (χ2n) is 5.87. The van der Waals surface area contributed by atoms with Gasteiger partial charge in [0.2, 0.25) is 0 Å². The van der Waals surface area contributed by atoms with Crippen LogP contribution in [0.1, 0.15) is 33.1 Å². The van der Waals surface area contributed by atoms with E-state index in [2.05, 4.69) is 40.9 Å². The van der Waals surface area contributed by atoms with Gasteiger partial charge in [-0.1, -0.05) is 21.9 Å². The highest BCUT2D eigenvalue weighted by molar-refractivity contribution is 9.09. The minimum atomic E-state index is -1.63. The third kappa shape index (κ3) is 7.47. The average molecular weight is 349 g/mol. The molecular weight excluding hydrogens is 324 g/mol. The molecule has 0 aliphatic carbocycles. The van der Waals surface area contributed by atoms with E-state index in [9.17, 15) is 0 Å². The van der Waals surface area contributed by atoms with E-state index in [1.807, 2.05) is 13.8 Å². The van der Waals surface area contributed by atoms with Gasteiger partial charge in [0.15, 0.2) is 14.6 Å². The number of alkyl halides is 1. The van der Waals surface area contributed by atoms with Crippen LogP contribution in [0.5, 0.6) is 0 Å². The molecule has 110 valence electrons. The fourth-order valence-electron chi connectivity index (χ4n) is 1.95. The summed E-state index contributed by atoms with van der Waals surface area (Å²) in [5.74, 6) is 6.45. The van der Waals surface area contributed by atoms with Crippen molar-refractivity contribution < 1.29 is 13.9 Å². The average Bonchev–Trinajstić information content (AvgIpc) is 2.80. The standard InChI is InChI=1S/C14H25BrO3Si/c1-14(2,18-19(3,4)12-15)9-7-5-6-8-13-16-10-11-17-13/h13H,5-6,8,10-12H2,1-4H3. The number of unbranched alkanes of at least 4 members (excludes halogenated alkanes) is 1. The number of hydrogen-bond acceptors (Lipinski definition) is 3. The Morgan fingerprint density at radius 1 is 1.32 bits per heavy atom. The molecule has 0 N–H and O–H groups in total. The molecule has 1 rings (SSSR count). The van der Waals surface area contributed by atoms with Crippen molar-refractivity contribution in [3.05, 3.63) is 0 Å². The maximum absolute atomic E-state index is 6.12. The SMILES string of the molecule is CC(C)(C#CCCCC1OCCO1)O[Si](C)(C)CBr. The number of rotatable bonds is 6. The highest BCUT2D eigenvalue weighted by Gasteiger charge is 2.29. The van der Waals surface area contributed by atoms with Crippen molar-refractivity contribution in [2.45, 2.75) is 58.1 Å². The highest BCUT2D eigenvalue weighted by Crippen LogP contribution is 2.18. The lowest BCUT2D eigenvalue weighted by atomic mass is 10.1. The smallest absolute Gasteiger partial charge is 0.199 e. The number of ether oxygens (including phenoxy) is 2. The second-order valence-corrected chi connectivity index (χ2v) is 11.5. The largest absolute Gasteiger partial charge is 0.401 e. The third-order valence-electron chi connectivity index (χ3n) is 2.68. The summed E-state index contributed by atoms with van der Waals surface area (Å²) in [6.45, 7) is 9.92. The van der Waals surface area contributed by atoms with Crippen molar-refractivity contribution >= 4 is 24.2 Å². The summed E-state index contributed by atoms with van der Waals surface area (Å²) in [6.07, 6.45) is 2.79. The van der Waals surface area contributed by atoms with E-state index in [-0.39, 0.29) is 11.9 Å². The third-order valence-corrected chi connectivity index (χ3v) is 8.43. The van der Waals surface area contributed by atoms with Crippen LogP contribution in [0.4, 0.5) is 0 Å². The Morgan fingerprint density at radius 2 is 1.95 bits per heavy atom. The molecule has 3 nitrogen and oxygen atoms in total. The van der Waals surface area contributed by atoms with E-state index < -0.39 is 8.32 Å². The van der Waals surface area contributed by atoms with E-state index in [1.165, 1.54) is 0 Å². The molecule has 0 unspecified atom stereocenters. The Bertz CT molecular complexity index is 327. The van der Waals surface area contributed by atoms with Crippen LogP contribution in [0.15, 0.2) is 0 Å². The summed E-state index contributed by atoms with van der Waals surface area (Å²) in [4.78, 5) is 0.932. The zero-order valence-electron chi connectivity index (χ0n) is 12.4. The fourth-order valence-corrected chi connectivity index (χ4v) is 3.78. The minimum absolute atomic E-state index is 0.00852. The van der Waals surface area contributed by atoms with E-state index in [0.29, 0.717) is 0 Å². The molecule has 0 amide bonds. The summed E-state index contributed by atoms with van der Waals surface area (Å²) in [6, 6.07) is 0.